The molecule has 16 heavy (non-hydrogen) atoms. The molecule has 1 aromatic rings. The van der Waals surface area contributed by atoms with E-state index in [1.807, 2.05) is 0 Å². The number of halogens is 1. The summed E-state index contributed by atoms with van der Waals surface area (Å²) in [6.45, 7) is 4.16. The lowest BCUT2D eigenvalue weighted by Crippen LogP contribution is -2.41. The Hall–Kier alpha value is -0.930. The molecule has 0 heterocycles. The highest BCUT2D eigenvalue weighted by Gasteiger charge is 2.20. The Bertz CT molecular complexity index is 310. The van der Waals surface area contributed by atoms with Gasteiger partial charge in [0.2, 0.25) is 0 Å². The van der Waals surface area contributed by atoms with Crippen molar-refractivity contribution >= 4 is 0 Å². The van der Waals surface area contributed by atoms with Crippen LogP contribution in [-0.4, -0.2) is 19.3 Å². The van der Waals surface area contributed by atoms with E-state index in [0.717, 1.165) is 5.56 Å². The van der Waals surface area contributed by atoms with E-state index in [1.165, 1.54) is 12.1 Å². The Labute approximate surface area is 96.6 Å². The zero-order valence-corrected chi connectivity index (χ0v) is 10.1. The molecule has 0 spiro atoms. The van der Waals surface area contributed by atoms with E-state index >= 15 is 0 Å². The maximum Gasteiger partial charge on any atom is 0.123 e. The summed E-state index contributed by atoms with van der Waals surface area (Å²) in [6, 6.07) is 6.39. The fraction of sp³-hybridized carbons (Fsp3) is 0.538. The lowest BCUT2D eigenvalue weighted by Gasteiger charge is -2.26. The van der Waals surface area contributed by atoms with Gasteiger partial charge in [0.05, 0.1) is 6.10 Å². The average molecular weight is 225 g/mol. The molecule has 2 unspecified atom stereocenters. The summed E-state index contributed by atoms with van der Waals surface area (Å²) in [6.07, 6.45) is 0.738. The topological polar surface area (TPSA) is 35.2 Å². The van der Waals surface area contributed by atoms with E-state index in [-0.39, 0.29) is 18.0 Å². The van der Waals surface area contributed by atoms with Crippen molar-refractivity contribution in [3.05, 3.63) is 35.6 Å². The molecule has 1 aromatic carbocycles. The normalized spacial score (nSPS) is 15.1. The van der Waals surface area contributed by atoms with Crippen molar-refractivity contribution in [1.82, 2.24) is 0 Å². The second kappa shape index (κ2) is 5.97. The summed E-state index contributed by atoms with van der Waals surface area (Å²) in [5.74, 6) is 0.157. The minimum atomic E-state index is -0.218. The van der Waals surface area contributed by atoms with Gasteiger partial charge in [-0.2, -0.15) is 0 Å². The van der Waals surface area contributed by atoms with Crippen LogP contribution in [0.25, 0.3) is 0 Å². The zero-order valence-electron chi connectivity index (χ0n) is 10.1. The summed E-state index contributed by atoms with van der Waals surface area (Å²) in [7, 11) is 1.68. The monoisotopic (exact) mass is 225 g/mol. The number of rotatable bonds is 5. The molecule has 0 saturated heterocycles. The lowest BCUT2D eigenvalue weighted by molar-refractivity contribution is 0.0441. The molecule has 3 heteroatoms. The van der Waals surface area contributed by atoms with Gasteiger partial charge in [-0.3, -0.25) is 0 Å². The van der Waals surface area contributed by atoms with Gasteiger partial charge < -0.3 is 10.5 Å². The fourth-order valence-corrected chi connectivity index (χ4v) is 1.95. The number of methoxy groups -OCH3 is 1. The number of benzene rings is 1. The second-order valence-electron chi connectivity index (χ2n) is 4.44. The third-order valence-corrected chi connectivity index (χ3v) is 2.74. The van der Waals surface area contributed by atoms with E-state index in [0.29, 0.717) is 12.3 Å². The van der Waals surface area contributed by atoms with E-state index in [9.17, 15) is 4.39 Å². The molecule has 0 aliphatic rings. The van der Waals surface area contributed by atoms with Gasteiger partial charge in [-0.05, 0) is 30.0 Å². The number of ether oxygens (including phenoxy) is 1. The molecule has 2 atom stereocenters. The van der Waals surface area contributed by atoms with Crippen LogP contribution in [0.2, 0.25) is 0 Å². The highest BCUT2D eigenvalue weighted by atomic mass is 19.1. The molecule has 0 bridgehead atoms. The summed E-state index contributed by atoms with van der Waals surface area (Å²) in [5.41, 5.74) is 7.12. The van der Waals surface area contributed by atoms with Crippen molar-refractivity contribution in [2.75, 3.05) is 7.11 Å². The SMILES string of the molecule is COC(C(C)C)C(N)Cc1ccc(F)cc1. The predicted octanol–water partition coefficient (Wildman–Crippen LogP) is 2.37. The van der Waals surface area contributed by atoms with E-state index < -0.39 is 0 Å². The third-order valence-electron chi connectivity index (χ3n) is 2.74. The maximum atomic E-state index is 12.7. The Morgan fingerprint density at radius 1 is 1.25 bits per heavy atom. The average Bonchev–Trinajstić information content (AvgIpc) is 2.22. The van der Waals surface area contributed by atoms with Gasteiger partial charge in [0.15, 0.2) is 0 Å². The molecule has 0 aromatic heterocycles. The van der Waals surface area contributed by atoms with Crippen LogP contribution in [0, 0.1) is 11.7 Å². The third kappa shape index (κ3) is 3.58. The van der Waals surface area contributed by atoms with Gasteiger partial charge in [0, 0.05) is 13.2 Å². The van der Waals surface area contributed by atoms with Gasteiger partial charge >= 0.3 is 0 Å². The molecule has 2 nitrogen and oxygen atoms in total. The van der Waals surface area contributed by atoms with Crippen LogP contribution in [0.5, 0.6) is 0 Å². The van der Waals surface area contributed by atoms with E-state index in [2.05, 4.69) is 13.8 Å². The van der Waals surface area contributed by atoms with Gasteiger partial charge in [-0.25, -0.2) is 4.39 Å². The van der Waals surface area contributed by atoms with Gasteiger partial charge in [-0.15, -0.1) is 0 Å². The van der Waals surface area contributed by atoms with E-state index in [4.69, 9.17) is 10.5 Å². The van der Waals surface area contributed by atoms with Gasteiger partial charge in [-0.1, -0.05) is 26.0 Å². The molecule has 1 rings (SSSR count). The van der Waals surface area contributed by atoms with Crippen molar-refractivity contribution in [1.29, 1.82) is 0 Å². The molecule has 0 amide bonds. The predicted molar refractivity (Wildman–Crippen MR) is 63.7 cm³/mol. The van der Waals surface area contributed by atoms with Crippen LogP contribution in [0.3, 0.4) is 0 Å². The van der Waals surface area contributed by atoms with Crippen molar-refractivity contribution in [3.8, 4) is 0 Å². The van der Waals surface area contributed by atoms with Crippen molar-refractivity contribution in [2.24, 2.45) is 11.7 Å². The Balaban J connectivity index is 2.62. The lowest BCUT2D eigenvalue weighted by atomic mass is 9.95. The molecule has 0 radical (unpaired) electrons. The molecule has 0 saturated carbocycles. The van der Waals surface area contributed by atoms with Crippen molar-refractivity contribution < 1.29 is 9.13 Å². The van der Waals surface area contributed by atoms with Gasteiger partial charge in [0.1, 0.15) is 5.82 Å². The minimum Gasteiger partial charge on any atom is -0.380 e. The molecule has 2 N–H and O–H groups in total. The largest absolute Gasteiger partial charge is 0.380 e. The van der Waals surface area contributed by atoms with Crippen LogP contribution >= 0.6 is 0 Å². The molecule has 0 aliphatic heterocycles. The molecular weight excluding hydrogens is 205 g/mol. The van der Waals surface area contributed by atoms with Crippen LogP contribution in [0.15, 0.2) is 24.3 Å². The highest BCUT2D eigenvalue weighted by Crippen LogP contribution is 2.13. The minimum absolute atomic E-state index is 0.0325. The molecular formula is C13H20FNO. The first kappa shape index (κ1) is 13.1. The Morgan fingerprint density at radius 3 is 2.25 bits per heavy atom. The Kier molecular flexibility index (Phi) is 4.90. The first-order valence-corrected chi connectivity index (χ1v) is 5.57. The highest BCUT2D eigenvalue weighted by molar-refractivity contribution is 5.17. The number of hydrogen-bond acceptors (Lipinski definition) is 2. The second-order valence-corrected chi connectivity index (χ2v) is 4.44. The first-order chi connectivity index (χ1) is 7.54. The van der Waals surface area contributed by atoms with Crippen LogP contribution in [0.4, 0.5) is 4.39 Å². The van der Waals surface area contributed by atoms with Crippen LogP contribution in [0.1, 0.15) is 19.4 Å². The fourth-order valence-electron chi connectivity index (χ4n) is 1.95. The van der Waals surface area contributed by atoms with Crippen LogP contribution < -0.4 is 5.73 Å². The quantitative estimate of drug-likeness (QED) is 0.835. The standard InChI is InChI=1S/C13H20FNO/c1-9(2)13(16-3)12(15)8-10-4-6-11(14)7-5-10/h4-7,9,12-13H,8,15H2,1-3H3. The van der Waals surface area contributed by atoms with Crippen molar-refractivity contribution in [2.45, 2.75) is 32.4 Å². The van der Waals surface area contributed by atoms with Crippen LogP contribution in [-0.2, 0) is 11.2 Å². The smallest absolute Gasteiger partial charge is 0.123 e. The number of hydrogen-bond donors (Lipinski definition) is 1. The summed E-state index contributed by atoms with van der Waals surface area (Å²) >= 11 is 0. The maximum absolute atomic E-state index is 12.7. The molecule has 90 valence electrons. The molecule has 0 aliphatic carbocycles. The first-order valence-electron chi connectivity index (χ1n) is 5.57. The summed E-state index contributed by atoms with van der Waals surface area (Å²) in [5, 5.41) is 0. The molecule has 0 fully saturated rings. The zero-order chi connectivity index (χ0) is 12.1. The summed E-state index contributed by atoms with van der Waals surface area (Å²) in [4.78, 5) is 0. The van der Waals surface area contributed by atoms with Crippen molar-refractivity contribution in [3.63, 3.8) is 0 Å². The Morgan fingerprint density at radius 2 is 1.81 bits per heavy atom. The number of nitrogens with two attached hydrogens (primary N) is 1. The van der Waals surface area contributed by atoms with Gasteiger partial charge in [0.25, 0.3) is 0 Å². The summed E-state index contributed by atoms with van der Waals surface area (Å²) < 4.78 is 18.1. The van der Waals surface area contributed by atoms with E-state index in [1.54, 1.807) is 19.2 Å².